The quantitative estimate of drug-likeness (QED) is 0.826. The molecule has 0 bridgehead atoms. The summed E-state index contributed by atoms with van der Waals surface area (Å²) in [5.74, 6) is 1.66. The van der Waals surface area contributed by atoms with Crippen LogP contribution in [0.3, 0.4) is 0 Å². The van der Waals surface area contributed by atoms with Crippen LogP contribution in [0.5, 0.6) is 5.75 Å². The summed E-state index contributed by atoms with van der Waals surface area (Å²) in [6, 6.07) is 9.88. The van der Waals surface area contributed by atoms with Crippen LogP contribution in [-0.2, 0) is 6.54 Å². The van der Waals surface area contributed by atoms with Crippen molar-refractivity contribution in [3.8, 4) is 5.75 Å². The number of hydrogen-bond acceptors (Lipinski definition) is 6. The van der Waals surface area contributed by atoms with E-state index in [1.807, 2.05) is 44.2 Å². The van der Waals surface area contributed by atoms with Crippen molar-refractivity contribution in [1.82, 2.24) is 15.0 Å². The van der Waals surface area contributed by atoms with Gasteiger partial charge < -0.3 is 14.4 Å². The Morgan fingerprint density at radius 2 is 1.80 bits per heavy atom. The third kappa shape index (κ3) is 5.56. The van der Waals surface area contributed by atoms with Crippen LogP contribution in [0.1, 0.15) is 17.0 Å². The molecule has 1 N–H and O–H groups in total. The number of aromatic nitrogens is 1. The highest BCUT2D eigenvalue weighted by Crippen LogP contribution is 2.12. The van der Waals surface area contributed by atoms with Crippen LogP contribution in [0.15, 0.2) is 34.9 Å². The molecule has 1 aromatic carbocycles. The lowest BCUT2D eigenvalue weighted by molar-refractivity contribution is 0.0442. The fourth-order valence-electron chi connectivity index (χ4n) is 3.03. The third-order valence-electron chi connectivity index (χ3n) is 4.46. The second-order valence-electron chi connectivity index (χ2n) is 6.78. The molecule has 6 heteroatoms. The molecule has 1 aromatic heterocycles. The molecule has 136 valence electrons. The van der Waals surface area contributed by atoms with Gasteiger partial charge in [-0.15, -0.1) is 0 Å². The van der Waals surface area contributed by atoms with Gasteiger partial charge in [0, 0.05) is 45.3 Å². The number of hydrogen-bond donors (Lipinski definition) is 1. The van der Waals surface area contributed by atoms with Gasteiger partial charge in [0.15, 0.2) is 0 Å². The van der Waals surface area contributed by atoms with Crippen molar-refractivity contribution >= 4 is 0 Å². The highest BCUT2D eigenvalue weighted by atomic mass is 16.5. The second kappa shape index (κ2) is 8.47. The molecule has 0 saturated carbocycles. The van der Waals surface area contributed by atoms with Crippen molar-refractivity contribution in [1.29, 1.82) is 0 Å². The molecule has 1 aliphatic rings. The summed E-state index contributed by atoms with van der Waals surface area (Å²) in [5.41, 5.74) is 2.18. The van der Waals surface area contributed by atoms with Crippen molar-refractivity contribution in [3.63, 3.8) is 0 Å². The van der Waals surface area contributed by atoms with E-state index in [1.165, 1.54) is 5.56 Å². The first-order valence-electron chi connectivity index (χ1n) is 8.83. The Morgan fingerprint density at radius 1 is 1.12 bits per heavy atom. The summed E-state index contributed by atoms with van der Waals surface area (Å²) >= 11 is 0. The minimum Gasteiger partial charge on any atom is -0.491 e. The number of piperazine rings is 1. The first-order chi connectivity index (χ1) is 12.1. The van der Waals surface area contributed by atoms with E-state index in [0.717, 1.165) is 49.9 Å². The lowest BCUT2D eigenvalue weighted by atomic mass is 10.2. The van der Waals surface area contributed by atoms with Gasteiger partial charge in [-0.05, 0) is 26.0 Å². The summed E-state index contributed by atoms with van der Waals surface area (Å²) in [7, 11) is 0. The predicted octanol–water partition coefficient (Wildman–Crippen LogP) is 1.85. The van der Waals surface area contributed by atoms with Gasteiger partial charge in [-0.3, -0.25) is 9.80 Å². The van der Waals surface area contributed by atoms with Crippen LogP contribution < -0.4 is 4.74 Å². The van der Waals surface area contributed by atoms with Gasteiger partial charge in [0.2, 0.25) is 0 Å². The first kappa shape index (κ1) is 17.9. The van der Waals surface area contributed by atoms with E-state index in [2.05, 4.69) is 15.0 Å². The van der Waals surface area contributed by atoms with E-state index < -0.39 is 6.10 Å². The molecular formula is C19H27N3O3. The Morgan fingerprint density at radius 3 is 2.44 bits per heavy atom. The molecule has 3 rings (SSSR count). The molecule has 1 saturated heterocycles. The summed E-state index contributed by atoms with van der Waals surface area (Å²) in [5, 5.41) is 14.3. The summed E-state index contributed by atoms with van der Waals surface area (Å²) in [4.78, 5) is 4.65. The lowest BCUT2D eigenvalue weighted by Crippen LogP contribution is -2.48. The van der Waals surface area contributed by atoms with Crippen LogP contribution in [0, 0.1) is 13.8 Å². The van der Waals surface area contributed by atoms with Crippen LogP contribution in [0.2, 0.25) is 0 Å². The van der Waals surface area contributed by atoms with E-state index >= 15 is 0 Å². The molecular weight excluding hydrogens is 318 g/mol. The Hall–Kier alpha value is -1.89. The van der Waals surface area contributed by atoms with Crippen molar-refractivity contribution in [2.45, 2.75) is 26.5 Å². The number of nitrogens with zero attached hydrogens (tertiary/aromatic N) is 3. The molecule has 0 radical (unpaired) electrons. The number of β-amino-alcohol motifs (C(OH)–C–C–N with tert-alkyl or cyclic N) is 1. The van der Waals surface area contributed by atoms with Crippen LogP contribution >= 0.6 is 0 Å². The maximum atomic E-state index is 10.2. The van der Waals surface area contributed by atoms with Crippen LogP contribution in [0.4, 0.5) is 0 Å². The van der Waals surface area contributed by atoms with Crippen LogP contribution in [0.25, 0.3) is 0 Å². The zero-order chi connectivity index (χ0) is 17.6. The molecule has 1 aliphatic heterocycles. The third-order valence-corrected chi connectivity index (χ3v) is 4.46. The van der Waals surface area contributed by atoms with Gasteiger partial charge in [0.25, 0.3) is 0 Å². The lowest BCUT2D eigenvalue weighted by Gasteiger charge is -2.35. The Bertz CT molecular complexity index is 648. The number of rotatable bonds is 7. The average molecular weight is 345 g/mol. The fraction of sp³-hybridized carbons (Fsp3) is 0.526. The Labute approximate surface area is 149 Å². The second-order valence-corrected chi connectivity index (χ2v) is 6.78. The first-order valence-corrected chi connectivity index (χ1v) is 8.83. The van der Waals surface area contributed by atoms with Gasteiger partial charge in [-0.1, -0.05) is 22.9 Å². The fourth-order valence-corrected chi connectivity index (χ4v) is 3.03. The normalized spacial score (nSPS) is 17.6. The van der Waals surface area contributed by atoms with Gasteiger partial charge >= 0.3 is 0 Å². The zero-order valence-corrected chi connectivity index (χ0v) is 15.0. The molecule has 2 aromatic rings. The van der Waals surface area contributed by atoms with Crippen molar-refractivity contribution in [2.24, 2.45) is 0 Å². The zero-order valence-electron chi connectivity index (χ0n) is 15.0. The van der Waals surface area contributed by atoms with Crippen molar-refractivity contribution in [3.05, 3.63) is 47.3 Å². The summed E-state index contributed by atoms with van der Waals surface area (Å²) in [6.45, 7) is 9.57. The minimum absolute atomic E-state index is 0.321. The molecule has 25 heavy (non-hydrogen) atoms. The van der Waals surface area contributed by atoms with E-state index in [1.54, 1.807) is 0 Å². The van der Waals surface area contributed by atoms with Gasteiger partial charge in [-0.25, -0.2) is 0 Å². The minimum atomic E-state index is -0.481. The molecule has 0 aliphatic carbocycles. The molecule has 0 spiro atoms. The van der Waals surface area contributed by atoms with Gasteiger partial charge in [-0.2, -0.15) is 0 Å². The van der Waals surface area contributed by atoms with Gasteiger partial charge in [0.05, 0.1) is 5.69 Å². The SMILES string of the molecule is Cc1ccc(OCC(O)CN2CCN(Cc3cc(C)on3)CC2)cc1. The summed E-state index contributed by atoms with van der Waals surface area (Å²) in [6.07, 6.45) is -0.481. The van der Waals surface area contributed by atoms with E-state index in [0.29, 0.717) is 13.2 Å². The number of aliphatic hydroxyl groups is 1. The van der Waals surface area contributed by atoms with Crippen molar-refractivity contribution in [2.75, 3.05) is 39.3 Å². The van der Waals surface area contributed by atoms with Crippen molar-refractivity contribution < 1.29 is 14.4 Å². The maximum absolute atomic E-state index is 10.2. The molecule has 1 unspecified atom stereocenters. The highest BCUT2D eigenvalue weighted by Gasteiger charge is 2.20. The average Bonchev–Trinajstić information content (AvgIpc) is 3.01. The Kier molecular flexibility index (Phi) is 6.07. The highest BCUT2D eigenvalue weighted by molar-refractivity contribution is 5.26. The van der Waals surface area contributed by atoms with E-state index in [9.17, 15) is 5.11 Å². The van der Waals surface area contributed by atoms with Gasteiger partial charge in [0.1, 0.15) is 24.2 Å². The molecule has 1 fully saturated rings. The van der Waals surface area contributed by atoms with E-state index in [4.69, 9.17) is 9.26 Å². The topological polar surface area (TPSA) is 62.0 Å². The van der Waals surface area contributed by atoms with Crippen LogP contribution in [-0.4, -0.2) is 65.5 Å². The summed E-state index contributed by atoms with van der Waals surface area (Å²) < 4.78 is 10.8. The Balaban J connectivity index is 1.35. The molecule has 2 heterocycles. The molecule has 6 nitrogen and oxygen atoms in total. The molecule has 0 amide bonds. The number of benzene rings is 1. The molecule has 1 atom stereocenters. The monoisotopic (exact) mass is 345 g/mol. The largest absolute Gasteiger partial charge is 0.491 e. The number of aryl methyl sites for hydroxylation is 2. The predicted molar refractivity (Wildman–Crippen MR) is 95.6 cm³/mol. The number of ether oxygens (including phenoxy) is 1. The number of aliphatic hydroxyl groups excluding tert-OH is 1. The standard InChI is InChI=1S/C19H27N3O3/c1-15-3-5-19(6-4-15)24-14-18(23)13-22-9-7-21(8-10-22)12-17-11-16(2)25-20-17/h3-6,11,18,23H,7-10,12-14H2,1-2H3. The van der Waals surface area contributed by atoms with E-state index in [-0.39, 0.29) is 0 Å². The smallest absolute Gasteiger partial charge is 0.133 e. The maximum Gasteiger partial charge on any atom is 0.133 e.